The third-order valence-corrected chi connectivity index (χ3v) is 5.40. The highest BCUT2D eigenvalue weighted by atomic mass is 32.1. The van der Waals surface area contributed by atoms with Crippen LogP contribution in [0.2, 0.25) is 0 Å². The molecule has 0 saturated carbocycles. The number of carboxylic acids is 1. The van der Waals surface area contributed by atoms with Crippen molar-refractivity contribution in [2.45, 2.75) is 38.8 Å². The number of hydrogen-bond acceptors (Lipinski definition) is 6. The molecular formula is C18H25N5O3S. The van der Waals surface area contributed by atoms with Crippen LogP contribution in [-0.2, 0) is 29.1 Å². The van der Waals surface area contributed by atoms with Crippen LogP contribution in [0.5, 0.6) is 0 Å². The first-order valence-corrected chi connectivity index (χ1v) is 10.2. The molecule has 3 rings (SSSR count). The van der Waals surface area contributed by atoms with E-state index in [-0.39, 0.29) is 12.3 Å². The molecule has 1 aliphatic rings. The third kappa shape index (κ3) is 6.14. The Bertz CT molecular complexity index is 738. The van der Waals surface area contributed by atoms with Gasteiger partial charge in [-0.05, 0) is 28.8 Å². The predicted octanol–water partition coefficient (Wildman–Crippen LogP) is 1.48. The molecule has 146 valence electrons. The smallest absolute Gasteiger partial charge is 0.303 e. The van der Waals surface area contributed by atoms with Crippen LogP contribution in [0, 0.1) is 0 Å². The van der Waals surface area contributed by atoms with E-state index in [0.29, 0.717) is 31.5 Å². The van der Waals surface area contributed by atoms with Crippen LogP contribution in [0.25, 0.3) is 0 Å². The Labute approximate surface area is 162 Å². The molecule has 0 bridgehead atoms. The summed E-state index contributed by atoms with van der Waals surface area (Å²) < 4.78 is 1.68. The summed E-state index contributed by atoms with van der Waals surface area (Å²) in [6.07, 6.45) is 3.39. The number of piperazine rings is 1. The van der Waals surface area contributed by atoms with Crippen molar-refractivity contribution < 1.29 is 14.7 Å². The van der Waals surface area contributed by atoms with Gasteiger partial charge in [0.05, 0.1) is 12.1 Å². The Morgan fingerprint density at radius 2 is 2.00 bits per heavy atom. The Balaban J connectivity index is 1.33. The number of hydrogen-bond donors (Lipinski definition) is 1. The fourth-order valence-electron chi connectivity index (χ4n) is 3.14. The van der Waals surface area contributed by atoms with E-state index in [1.54, 1.807) is 22.2 Å². The summed E-state index contributed by atoms with van der Waals surface area (Å²) in [6.45, 7) is 4.97. The van der Waals surface area contributed by atoms with E-state index in [9.17, 15) is 9.59 Å². The van der Waals surface area contributed by atoms with Crippen molar-refractivity contribution in [3.63, 3.8) is 0 Å². The molecule has 0 aromatic carbocycles. The second kappa shape index (κ2) is 9.61. The maximum Gasteiger partial charge on any atom is 0.303 e. The van der Waals surface area contributed by atoms with Gasteiger partial charge in [-0.15, -0.1) is 5.10 Å². The van der Waals surface area contributed by atoms with Gasteiger partial charge in [0, 0.05) is 58.3 Å². The first-order chi connectivity index (χ1) is 13.1. The normalized spacial score (nSPS) is 15.2. The van der Waals surface area contributed by atoms with Gasteiger partial charge >= 0.3 is 5.97 Å². The number of nitrogens with zero attached hydrogens (tertiary/aromatic N) is 5. The Hall–Kier alpha value is -2.26. The van der Waals surface area contributed by atoms with Crippen LogP contribution in [-0.4, -0.2) is 68.0 Å². The zero-order valence-corrected chi connectivity index (χ0v) is 16.1. The largest absolute Gasteiger partial charge is 0.481 e. The van der Waals surface area contributed by atoms with Crippen molar-refractivity contribution in [1.82, 2.24) is 24.8 Å². The number of carbonyl (C=O) groups is 2. The van der Waals surface area contributed by atoms with Gasteiger partial charge in [0.15, 0.2) is 0 Å². The molecule has 2 aromatic rings. The maximum atomic E-state index is 12.4. The molecule has 1 saturated heterocycles. The van der Waals surface area contributed by atoms with Crippen molar-refractivity contribution >= 4 is 23.2 Å². The first kappa shape index (κ1) is 19.5. The van der Waals surface area contributed by atoms with Gasteiger partial charge in [-0.2, -0.15) is 11.3 Å². The lowest BCUT2D eigenvalue weighted by molar-refractivity contribution is -0.137. The van der Waals surface area contributed by atoms with Gasteiger partial charge in [-0.3, -0.25) is 19.2 Å². The maximum absolute atomic E-state index is 12.4. The summed E-state index contributed by atoms with van der Waals surface area (Å²) >= 11 is 1.72. The molecule has 2 aromatic heterocycles. The van der Waals surface area contributed by atoms with Crippen molar-refractivity contribution in [2.24, 2.45) is 0 Å². The molecule has 0 atom stereocenters. The van der Waals surface area contributed by atoms with E-state index in [0.717, 1.165) is 32.7 Å². The minimum absolute atomic E-state index is 0.0512. The summed E-state index contributed by atoms with van der Waals surface area (Å²) in [7, 11) is 0. The molecule has 1 fully saturated rings. The number of amides is 1. The van der Waals surface area contributed by atoms with E-state index in [1.807, 2.05) is 4.90 Å². The SMILES string of the molecule is O=C(O)CCc1cn(CCCC(=O)N2CCN(Cc3ccsc3)CC2)nn1. The summed E-state index contributed by atoms with van der Waals surface area (Å²) in [5, 5.41) is 20.9. The monoisotopic (exact) mass is 391 g/mol. The Kier molecular flexibility index (Phi) is 6.94. The van der Waals surface area contributed by atoms with E-state index in [2.05, 4.69) is 32.0 Å². The van der Waals surface area contributed by atoms with Crippen LogP contribution in [0.1, 0.15) is 30.5 Å². The van der Waals surface area contributed by atoms with Crippen LogP contribution < -0.4 is 0 Å². The fourth-order valence-corrected chi connectivity index (χ4v) is 3.80. The average Bonchev–Trinajstić information content (AvgIpc) is 3.32. The summed E-state index contributed by atoms with van der Waals surface area (Å²) in [4.78, 5) is 27.3. The molecule has 9 heteroatoms. The van der Waals surface area contributed by atoms with Crippen LogP contribution in [0.3, 0.4) is 0 Å². The van der Waals surface area contributed by atoms with E-state index >= 15 is 0 Å². The zero-order chi connectivity index (χ0) is 19.1. The summed E-state index contributed by atoms with van der Waals surface area (Å²) in [6, 6.07) is 2.15. The molecule has 1 N–H and O–H groups in total. The van der Waals surface area contributed by atoms with Crippen molar-refractivity contribution in [3.05, 3.63) is 34.3 Å². The zero-order valence-electron chi connectivity index (χ0n) is 15.3. The number of aryl methyl sites for hydroxylation is 2. The molecule has 1 amide bonds. The molecule has 0 aliphatic carbocycles. The first-order valence-electron chi connectivity index (χ1n) is 9.22. The Morgan fingerprint density at radius 3 is 2.70 bits per heavy atom. The molecule has 1 aliphatic heterocycles. The highest BCUT2D eigenvalue weighted by Gasteiger charge is 2.20. The second-order valence-corrected chi connectivity index (χ2v) is 7.54. The van der Waals surface area contributed by atoms with Gasteiger partial charge in [0.2, 0.25) is 5.91 Å². The topological polar surface area (TPSA) is 91.6 Å². The summed E-state index contributed by atoms with van der Waals surface area (Å²) in [5.74, 6) is -0.651. The van der Waals surface area contributed by atoms with E-state index in [1.165, 1.54) is 5.56 Å². The highest BCUT2D eigenvalue weighted by molar-refractivity contribution is 7.07. The van der Waals surface area contributed by atoms with E-state index in [4.69, 9.17) is 5.11 Å². The van der Waals surface area contributed by atoms with Gasteiger partial charge in [0.1, 0.15) is 0 Å². The lowest BCUT2D eigenvalue weighted by atomic mass is 10.2. The molecule has 0 spiro atoms. The lowest BCUT2D eigenvalue weighted by Gasteiger charge is -2.34. The lowest BCUT2D eigenvalue weighted by Crippen LogP contribution is -2.48. The van der Waals surface area contributed by atoms with Gasteiger partial charge in [-0.1, -0.05) is 5.21 Å². The predicted molar refractivity (Wildman–Crippen MR) is 101 cm³/mol. The van der Waals surface area contributed by atoms with Crippen LogP contribution in [0.4, 0.5) is 0 Å². The average molecular weight is 391 g/mol. The number of thiophene rings is 1. The molecule has 27 heavy (non-hydrogen) atoms. The third-order valence-electron chi connectivity index (χ3n) is 4.67. The van der Waals surface area contributed by atoms with Gasteiger partial charge in [-0.25, -0.2) is 0 Å². The minimum Gasteiger partial charge on any atom is -0.481 e. The second-order valence-electron chi connectivity index (χ2n) is 6.76. The van der Waals surface area contributed by atoms with Gasteiger partial charge in [0.25, 0.3) is 0 Å². The number of aliphatic carboxylic acids is 1. The highest BCUT2D eigenvalue weighted by Crippen LogP contribution is 2.12. The van der Waals surface area contributed by atoms with Crippen LogP contribution >= 0.6 is 11.3 Å². The standard InChI is InChI=1S/C18H25N5O3S/c24-17(2-1-6-23-13-16(19-20-23)3-4-18(25)26)22-9-7-21(8-10-22)12-15-5-11-27-14-15/h5,11,13-14H,1-4,6-10,12H2,(H,25,26). The number of carboxylic acid groups (broad SMARTS) is 1. The number of carbonyl (C=O) groups excluding carboxylic acids is 1. The quantitative estimate of drug-likeness (QED) is 0.696. The van der Waals surface area contributed by atoms with Crippen molar-refractivity contribution in [2.75, 3.05) is 26.2 Å². The fraction of sp³-hybridized carbons (Fsp3) is 0.556. The molecular weight excluding hydrogens is 366 g/mol. The van der Waals surface area contributed by atoms with Gasteiger partial charge < -0.3 is 10.0 Å². The van der Waals surface area contributed by atoms with E-state index < -0.39 is 5.97 Å². The number of aromatic nitrogens is 3. The molecule has 8 nitrogen and oxygen atoms in total. The molecule has 3 heterocycles. The van der Waals surface area contributed by atoms with Crippen LogP contribution in [0.15, 0.2) is 23.0 Å². The number of rotatable bonds is 9. The molecule has 0 radical (unpaired) electrons. The minimum atomic E-state index is -0.842. The summed E-state index contributed by atoms with van der Waals surface area (Å²) in [5.41, 5.74) is 2.01. The van der Waals surface area contributed by atoms with Crippen molar-refractivity contribution in [1.29, 1.82) is 0 Å². The molecule has 0 unspecified atom stereocenters. The van der Waals surface area contributed by atoms with Crippen molar-refractivity contribution in [3.8, 4) is 0 Å². The Morgan fingerprint density at radius 1 is 1.19 bits per heavy atom.